The van der Waals surface area contributed by atoms with E-state index in [4.69, 9.17) is 9.15 Å². The highest BCUT2D eigenvalue weighted by atomic mass is 32.2. The van der Waals surface area contributed by atoms with Crippen LogP contribution in [0.3, 0.4) is 0 Å². The number of thiazole rings is 1. The second kappa shape index (κ2) is 11.1. The summed E-state index contributed by atoms with van der Waals surface area (Å²) in [5, 5.41) is 11.2. The van der Waals surface area contributed by atoms with Gasteiger partial charge < -0.3 is 9.15 Å². The molecular formula is C29H25N3O6S2. The number of non-ortho nitro benzene ring substituents is 1. The summed E-state index contributed by atoms with van der Waals surface area (Å²) in [6.45, 7) is 5.29. The van der Waals surface area contributed by atoms with Crippen molar-refractivity contribution < 1.29 is 18.9 Å². The zero-order chi connectivity index (χ0) is 28.6. The van der Waals surface area contributed by atoms with E-state index >= 15 is 0 Å². The highest BCUT2D eigenvalue weighted by molar-refractivity contribution is 7.98. The summed E-state index contributed by atoms with van der Waals surface area (Å²) in [5.41, 5.74) is 1.75. The topological polar surface area (TPSA) is 117 Å². The van der Waals surface area contributed by atoms with E-state index in [0.717, 1.165) is 10.5 Å². The second-order valence-electron chi connectivity index (χ2n) is 9.32. The first-order valence-corrected chi connectivity index (χ1v) is 14.4. The minimum atomic E-state index is -0.711. The summed E-state index contributed by atoms with van der Waals surface area (Å²) < 4.78 is 13.4. The Morgan fingerprint density at radius 3 is 2.62 bits per heavy atom. The molecule has 2 aromatic carbocycles. The average Bonchev–Trinajstić information content (AvgIpc) is 3.52. The van der Waals surface area contributed by atoms with E-state index in [9.17, 15) is 19.7 Å². The number of rotatable bonds is 7. The number of ether oxygens (including phenoxy) is 1. The minimum Gasteiger partial charge on any atom is -0.459 e. The Morgan fingerprint density at radius 2 is 1.95 bits per heavy atom. The third kappa shape index (κ3) is 5.30. The van der Waals surface area contributed by atoms with Crippen molar-refractivity contribution in [2.45, 2.75) is 37.8 Å². The zero-order valence-corrected chi connectivity index (χ0v) is 23.7. The fraction of sp³-hybridized carbons (Fsp3) is 0.207. The van der Waals surface area contributed by atoms with E-state index in [1.54, 1.807) is 62.9 Å². The third-order valence-corrected chi connectivity index (χ3v) is 7.98. The van der Waals surface area contributed by atoms with Crippen LogP contribution in [0, 0.1) is 10.1 Å². The lowest BCUT2D eigenvalue weighted by atomic mass is 9.96. The number of carbonyl (C=O) groups is 1. The number of fused-ring (bicyclic) bond motifs is 1. The van der Waals surface area contributed by atoms with Gasteiger partial charge in [0.1, 0.15) is 11.5 Å². The van der Waals surface area contributed by atoms with Gasteiger partial charge in [0.2, 0.25) is 0 Å². The van der Waals surface area contributed by atoms with Gasteiger partial charge >= 0.3 is 5.97 Å². The third-order valence-electron chi connectivity index (χ3n) is 6.26. The number of benzene rings is 2. The molecule has 1 aliphatic rings. The van der Waals surface area contributed by atoms with Gasteiger partial charge in [-0.1, -0.05) is 35.6 Å². The van der Waals surface area contributed by atoms with E-state index in [0.29, 0.717) is 37.7 Å². The van der Waals surface area contributed by atoms with E-state index in [-0.39, 0.29) is 17.4 Å². The molecule has 0 aliphatic carbocycles. The number of nitro groups is 1. The fourth-order valence-electron chi connectivity index (χ4n) is 4.45. The van der Waals surface area contributed by atoms with Crippen LogP contribution in [0.2, 0.25) is 0 Å². The van der Waals surface area contributed by atoms with Crippen molar-refractivity contribution in [1.82, 2.24) is 4.57 Å². The molecule has 5 rings (SSSR count). The van der Waals surface area contributed by atoms with Crippen LogP contribution in [-0.4, -0.2) is 27.8 Å². The Kier molecular flexibility index (Phi) is 7.59. The van der Waals surface area contributed by atoms with Crippen LogP contribution in [0.25, 0.3) is 17.4 Å². The van der Waals surface area contributed by atoms with Crippen LogP contribution in [0.5, 0.6) is 0 Å². The number of hydrogen-bond donors (Lipinski definition) is 0. The highest BCUT2D eigenvalue weighted by Crippen LogP contribution is 2.32. The van der Waals surface area contributed by atoms with Crippen molar-refractivity contribution >= 4 is 40.8 Å². The van der Waals surface area contributed by atoms with Crippen LogP contribution in [0.1, 0.15) is 38.1 Å². The number of carbonyl (C=O) groups excluding carboxylic acids is 1. The van der Waals surface area contributed by atoms with Gasteiger partial charge in [-0.05, 0) is 56.9 Å². The first kappa shape index (κ1) is 27.4. The number of nitro benzene ring substituents is 1. The number of nitrogens with zero attached hydrogens (tertiary/aromatic N) is 3. The van der Waals surface area contributed by atoms with Gasteiger partial charge in [0.05, 0.1) is 32.9 Å². The van der Waals surface area contributed by atoms with Gasteiger partial charge in [0.15, 0.2) is 4.80 Å². The van der Waals surface area contributed by atoms with Crippen molar-refractivity contribution in [1.29, 1.82) is 0 Å². The number of aromatic nitrogens is 1. The maximum Gasteiger partial charge on any atom is 0.338 e. The Hall–Kier alpha value is -4.22. The molecule has 1 aliphatic heterocycles. The van der Waals surface area contributed by atoms with Gasteiger partial charge in [-0.15, -0.1) is 11.8 Å². The molecule has 11 heteroatoms. The summed E-state index contributed by atoms with van der Waals surface area (Å²) in [4.78, 5) is 43.8. The normalized spacial score (nSPS) is 15.2. The maximum absolute atomic E-state index is 13.8. The van der Waals surface area contributed by atoms with Crippen molar-refractivity contribution in [3.05, 3.63) is 113 Å². The number of allylic oxidation sites excluding steroid dienone is 1. The molecule has 2 aromatic heterocycles. The van der Waals surface area contributed by atoms with Crippen molar-refractivity contribution in [2.24, 2.45) is 4.99 Å². The molecule has 4 aromatic rings. The standard InChI is InChI=1S/C29H25N3O6S2/c1-16(2)37-28(34)25-17(3)30-29-31(26(25)18-8-11-22(39-4)12-9-18)27(33)24(40-29)15-21-10-13-23(38-21)19-6-5-7-20(14-19)32(35)36/h5-16,26H,1-4H3. The zero-order valence-electron chi connectivity index (χ0n) is 22.1. The second-order valence-corrected chi connectivity index (χ2v) is 11.2. The van der Waals surface area contributed by atoms with Gasteiger partial charge in [-0.2, -0.15) is 0 Å². The predicted octanol–water partition coefficient (Wildman–Crippen LogP) is 5.08. The highest BCUT2D eigenvalue weighted by Gasteiger charge is 2.33. The molecular weight excluding hydrogens is 550 g/mol. The molecule has 204 valence electrons. The Balaban J connectivity index is 1.61. The van der Waals surface area contributed by atoms with Gasteiger partial charge in [0, 0.05) is 28.7 Å². The van der Waals surface area contributed by atoms with Crippen molar-refractivity contribution in [3.8, 4) is 11.3 Å². The Bertz CT molecular complexity index is 1830. The van der Waals surface area contributed by atoms with E-state index in [1.807, 2.05) is 30.5 Å². The van der Waals surface area contributed by atoms with Crippen molar-refractivity contribution in [2.75, 3.05) is 6.26 Å². The largest absolute Gasteiger partial charge is 0.459 e. The molecule has 0 bridgehead atoms. The number of furan rings is 1. The van der Waals surface area contributed by atoms with Crippen LogP contribution < -0.4 is 14.9 Å². The molecule has 1 atom stereocenters. The first-order valence-electron chi connectivity index (χ1n) is 12.4. The fourth-order valence-corrected chi connectivity index (χ4v) is 5.88. The van der Waals surface area contributed by atoms with Crippen LogP contribution >= 0.6 is 23.1 Å². The molecule has 9 nitrogen and oxygen atoms in total. The van der Waals surface area contributed by atoms with Crippen LogP contribution in [-0.2, 0) is 9.53 Å². The van der Waals surface area contributed by atoms with Crippen LogP contribution in [0.15, 0.2) is 91.0 Å². The molecule has 0 amide bonds. The maximum atomic E-state index is 13.8. The SMILES string of the molecule is CSc1ccc(C2C(C(=O)OC(C)C)=C(C)N=c3sc(=Cc4ccc(-c5cccc([N+](=O)[O-])c5)o4)c(=O)n32)cc1. The molecule has 0 fully saturated rings. The quantitative estimate of drug-likeness (QED) is 0.131. The van der Waals surface area contributed by atoms with Gasteiger partial charge in [-0.25, -0.2) is 9.79 Å². The van der Waals surface area contributed by atoms with Gasteiger partial charge in [-0.3, -0.25) is 19.5 Å². The molecule has 0 spiro atoms. The summed E-state index contributed by atoms with van der Waals surface area (Å²) >= 11 is 2.79. The smallest absolute Gasteiger partial charge is 0.338 e. The van der Waals surface area contributed by atoms with Crippen LogP contribution in [0.4, 0.5) is 5.69 Å². The molecule has 0 radical (unpaired) electrons. The monoisotopic (exact) mass is 575 g/mol. The summed E-state index contributed by atoms with van der Waals surface area (Å²) in [6, 6.07) is 16.5. The van der Waals surface area contributed by atoms with E-state index < -0.39 is 16.9 Å². The molecule has 1 unspecified atom stereocenters. The first-order chi connectivity index (χ1) is 19.2. The summed E-state index contributed by atoms with van der Waals surface area (Å²) in [6.07, 6.45) is 3.26. The average molecular weight is 576 g/mol. The summed E-state index contributed by atoms with van der Waals surface area (Å²) in [5.74, 6) is 0.323. The Labute approximate surface area is 237 Å². The van der Waals surface area contributed by atoms with Gasteiger partial charge in [0.25, 0.3) is 11.2 Å². The lowest BCUT2D eigenvalue weighted by Gasteiger charge is -2.25. The molecule has 0 saturated heterocycles. The van der Waals surface area contributed by atoms with E-state index in [1.165, 1.54) is 28.0 Å². The number of hydrogen-bond acceptors (Lipinski definition) is 9. The molecule has 40 heavy (non-hydrogen) atoms. The lowest BCUT2D eigenvalue weighted by molar-refractivity contribution is -0.384. The number of thioether (sulfide) groups is 1. The summed E-state index contributed by atoms with van der Waals surface area (Å²) in [7, 11) is 0. The minimum absolute atomic E-state index is 0.0449. The number of esters is 1. The molecule has 0 saturated carbocycles. The molecule has 0 N–H and O–H groups in total. The van der Waals surface area contributed by atoms with E-state index in [2.05, 4.69) is 4.99 Å². The Morgan fingerprint density at radius 1 is 1.20 bits per heavy atom. The molecule has 3 heterocycles. The lowest BCUT2D eigenvalue weighted by Crippen LogP contribution is -2.40. The van der Waals surface area contributed by atoms with Crippen molar-refractivity contribution in [3.63, 3.8) is 0 Å². The predicted molar refractivity (Wildman–Crippen MR) is 154 cm³/mol.